The van der Waals surface area contributed by atoms with Crippen LogP contribution >= 0.6 is 11.6 Å². The predicted octanol–water partition coefficient (Wildman–Crippen LogP) is 4.83. The molecule has 140 valence electrons. The lowest BCUT2D eigenvalue weighted by atomic mass is 10.0. The summed E-state index contributed by atoms with van der Waals surface area (Å²) in [5.41, 5.74) is 2.96. The van der Waals surface area contributed by atoms with Crippen molar-refractivity contribution in [1.29, 1.82) is 0 Å². The van der Waals surface area contributed by atoms with Crippen molar-refractivity contribution < 1.29 is 13.8 Å². The Morgan fingerprint density at radius 3 is 2.93 bits per heavy atom. The molecule has 0 aliphatic carbocycles. The summed E-state index contributed by atoms with van der Waals surface area (Å²) < 4.78 is 10.8. The molecular weight excluding hydrogens is 366 g/mol. The summed E-state index contributed by atoms with van der Waals surface area (Å²) in [5.74, 6) is 1.22. The monoisotopic (exact) mass is 385 g/mol. The molecule has 3 heterocycles. The van der Waals surface area contributed by atoms with E-state index in [0.717, 1.165) is 41.8 Å². The fraction of sp³-hybridized carbons (Fsp3) is 0.350. The maximum absolute atomic E-state index is 13.1. The van der Waals surface area contributed by atoms with E-state index >= 15 is 0 Å². The average Bonchev–Trinajstić information content (AvgIpc) is 3.40. The van der Waals surface area contributed by atoms with Gasteiger partial charge in [-0.1, -0.05) is 41.0 Å². The topological polar surface area (TPSA) is 72.4 Å². The van der Waals surface area contributed by atoms with Crippen molar-refractivity contribution in [3.63, 3.8) is 0 Å². The highest BCUT2D eigenvalue weighted by atomic mass is 35.5. The molecule has 27 heavy (non-hydrogen) atoms. The SMILES string of the molecule is CCc1onc(C)c1C1CCCN1C(=O)c1cc(-c2cccc(Cl)c2)on1. The molecule has 1 saturated heterocycles. The summed E-state index contributed by atoms with van der Waals surface area (Å²) in [4.78, 5) is 14.9. The number of amides is 1. The van der Waals surface area contributed by atoms with Crippen molar-refractivity contribution in [2.24, 2.45) is 0 Å². The quantitative estimate of drug-likeness (QED) is 0.643. The first-order valence-electron chi connectivity index (χ1n) is 9.07. The molecule has 1 aliphatic heterocycles. The highest BCUT2D eigenvalue weighted by Crippen LogP contribution is 2.37. The Hall–Kier alpha value is -2.60. The molecule has 0 radical (unpaired) electrons. The zero-order chi connectivity index (χ0) is 19.0. The van der Waals surface area contributed by atoms with Gasteiger partial charge in [0.1, 0.15) is 5.76 Å². The van der Waals surface area contributed by atoms with Crippen molar-refractivity contribution >= 4 is 17.5 Å². The van der Waals surface area contributed by atoms with Gasteiger partial charge in [0, 0.05) is 35.2 Å². The molecule has 7 heteroatoms. The first-order chi connectivity index (χ1) is 13.1. The molecule has 1 fully saturated rings. The standard InChI is InChI=1S/C20H20ClN3O3/c1-3-17-19(12(2)22-26-17)16-8-5-9-24(16)20(25)15-11-18(27-23-15)13-6-4-7-14(21)10-13/h4,6-7,10-11,16H,3,5,8-9H2,1-2H3. The second-order valence-electron chi connectivity index (χ2n) is 6.70. The van der Waals surface area contributed by atoms with Gasteiger partial charge >= 0.3 is 0 Å². The van der Waals surface area contributed by atoms with E-state index in [2.05, 4.69) is 10.3 Å². The van der Waals surface area contributed by atoms with Crippen LogP contribution in [0.25, 0.3) is 11.3 Å². The number of hydrogen-bond donors (Lipinski definition) is 0. The van der Waals surface area contributed by atoms with Crippen molar-refractivity contribution in [2.75, 3.05) is 6.54 Å². The van der Waals surface area contributed by atoms with Crippen LogP contribution < -0.4 is 0 Å². The van der Waals surface area contributed by atoms with Crippen LogP contribution in [0.15, 0.2) is 39.4 Å². The van der Waals surface area contributed by atoms with Gasteiger partial charge in [-0.05, 0) is 31.9 Å². The normalized spacial score (nSPS) is 16.9. The molecule has 0 spiro atoms. The van der Waals surface area contributed by atoms with Gasteiger partial charge in [-0.3, -0.25) is 4.79 Å². The lowest BCUT2D eigenvalue weighted by molar-refractivity contribution is 0.0724. The summed E-state index contributed by atoms with van der Waals surface area (Å²) in [6, 6.07) is 8.90. The molecule has 2 aromatic heterocycles. The zero-order valence-electron chi connectivity index (χ0n) is 15.2. The first-order valence-corrected chi connectivity index (χ1v) is 9.45. The molecular formula is C20H20ClN3O3. The van der Waals surface area contributed by atoms with Crippen molar-refractivity contribution in [2.45, 2.75) is 39.2 Å². The third kappa shape index (κ3) is 3.25. The van der Waals surface area contributed by atoms with Gasteiger partial charge in [0.05, 0.1) is 11.7 Å². The zero-order valence-corrected chi connectivity index (χ0v) is 16.0. The maximum atomic E-state index is 13.1. The van der Waals surface area contributed by atoms with E-state index in [0.29, 0.717) is 23.0 Å². The average molecular weight is 386 g/mol. The molecule has 1 aromatic carbocycles. The Kier molecular flexibility index (Phi) is 4.74. The number of halogens is 1. The van der Waals surface area contributed by atoms with Crippen LogP contribution in [-0.4, -0.2) is 27.7 Å². The smallest absolute Gasteiger partial charge is 0.276 e. The van der Waals surface area contributed by atoms with Crippen molar-refractivity contribution in [3.05, 3.63) is 58.1 Å². The Bertz CT molecular complexity index is 979. The third-order valence-corrected chi connectivity index (χ3v) is 5.22. The minimum atomic E-state index is -0.141. The van der Waals surface area contributed by atoms with E-state index in [1.54, 1.807) is 18.2 Å². The van der Waals surface area contributed by atoms with Gasteiger partial charge in [-0.25, -0.2) is 0 Å². The summed E-state index contributed by atoms with van der Waals surface area (Å²) in [6.45, 7) is 4.63. The van der Waals surface area contributed by atoms with Gasteiger partial charge in [0.25, 0.3) is 5.91 Å². The number of aromatic nitrogens is 2. The van der Waals surface area contributed by atoms with Crippen molar-refractivity contribution in [3.8, 4) is 11.3 Å². The molecule has 6 nitrogen and oxygen atoms in total. The fourth-order valence-corrected chi connectivity index (χ4v) is 3.91. The molecule has 4 rings (SSSR count). The van der Waals surface area contributed by atoms with Crippen molar-refractivity contribution in [1.82, 2.24) is 15.2 Å². The van der Waals surface area contributed by atoms with Crippen LogP contribution in [0.4, 0.5) is 0 Å². The number of benzene rings is 1. The Balaban J connectivity index is 1.62. The molecule has 0 bridgehead atoms. The van der Waals surface area contributed by atoms with Gasteiger partial charge < -0.3 is 13.9 Å². The summed E-state index contributed by atoms with van der Waals surface area (Å²) in [7, 11) is 0. The number of carbonyl (C=O) groups excluding carboxylic acids is 1. The van der Waals surface area contributed by atoms with Crippen LogP contribution in [0.2, 0.25) is 5.02 Å². The highest BCUT2D eigenvalue weighted by Gasteiger charge is 2.35. The number of hydrogen-bond acceptors (Lipinski definition) is 5. The van der Waals surface area contributed by atoms with E-state index < -0.39 is 0 Å². The molecule has 1 atom stereocenters. The predicted molar refractivity (Wildman–Crippen MR) is 101 cm³/mol. The summed E-state index contributed by atoms with van der Waals surface area (Å²) in [5, 5.41) is 8.69. The van der Waals surface area contributed by atoms with Crippen LogP contribution in [0, 0.1) is 6.92 Å². The minimum Gasteiger partial charge on any atom is -0.361 e. The number of aryl methyl sites for hydroxylation is 2. The number of rotatable bonds is 4. The second kappa shape index (κ2) is 7.19. The van der Waals surface area contributed by atoms with Crippen LogP contribution in [0.1, 0.15) is 53.3 Å². The van der Waals surface area contributed by atoms with Crippen LogP contribution in [0.3, 0.4) is 0 Å². The number of nitrogens with zero attached hydrogens (tertiary/aromatic N) is 3. The molecule has 1 unspecified atom stereocenters. The second-order valence-corrected chi connectivity index (χ2v) is 7.14. The molecule has 1 aliphatic rings. The minimum absolute atomic E-state index is 0.0370. The Morgan fingerprint density at radius 1 is 1.30 bits per heavy atom. The molecule has 3 aromatic rings. The van der Waals surface area contributed by atoms with E-state index in [4.69, 9.17) is 20.6 Å². The van der Waals surface area contributed by atoms with Gasteiger partial charge in [0.15, 0.2) is 11.5 Å². The van der Waals surface area contributed by atoms with Gasteiger partial charge in [-0.15, -0.1) is 0 Å². The van der Waals surface area contributed by atoms with Crippen LogP contribution in [-0.2, 0) is 6.42 Å². The summed E-state index contributed by atoms with van der Waals surface area (Å²) >= 11 is 6.04. The Morgan fingerprint density at radius 2 is 2.15 bits per heavy atom. The fourth-order valence-electron chi connectivity index (χ4n) is 3.72. The molecule has 0 saturated carbocycles. The lowest BCUT2D eigenvalue weighted by Gasteiger charge is -2.24. The van der Waals surface area contributed by atoms with E-state index in [1.165, 1.54) is 0 Å². The first kappa shape index (κ1) is 17.8. The van der Waals surface area contributed by atoms with Gasteiger partial charge in [-0.2, -0.15) is 0 Å². The van der Waals surface area contributed by atoms with E-state index in [9.17, 15) is 4.79 Å². The van der Waals surface area contributed by atoms with Crippen LogP contribution in [0.5, 0.6) is 0 Å². The highest BCUT2D eigenvalue weighted by molar-refractivity contribution is 6.30. The lowest BCUT2D eigenvalue weighted by Crippen LogP contribution is -2.31. The largest absolute Gasteiger partial charge is 0.361 e. The summed E-state index contributed by atoms with van der Waals surface area (Å²) in [6.07, 6.45) is 2.57. The maximum Gasteiger partial charge on any atom is 0.276 e. The number of carbonyl (C=O) groups is 1. The van der Waals surface area contributed by atoms with E-state index in [-0.39, 0.29) is 11.9 Å². The van der Waals surface area contributed by atoms with Gasteiger partial charge in [0.2, 0.25) is 0 Å². The number of likely N-dealkylation sites (tertiary alicyclic amines) is 1. The Labute approximate surface area is 162 Å². The molecule has 1 amide bonds. The third-order valence-electron chi connectivity index (χ3n) is 4.99. The molecule has 0 N–H and O–H groups in total. The van der Waals surface area contributed by atoms with E-state index in [1.807, 2.05) is 30.9 Å².